The highest BCUT2D eigenvalue weighted by atomic mass is 16.6. The Kier molecular flexibility index (Phi) is 25.6. The molecule has 0 radical (unpaired) electrons. The van der Waals surface area contributed by atoms with Gasteiger partial charge in [-0.05, 0) is 97.6 Å². The molecule has 2 saturated heterocycles. The van der Waals surface area contributed by atoms with Crippen molar-refractivity contribution in [3.8, 4) is 11.1 Å². The van der Waals surface area contributed by atoms with Gasteiger partial charge in [-0.15, -0.1) is 0 Å². The fourth-order valence-electron chi connectivity index (χ4n) is 12.8. The van der Waals surface area contributed by atoms with Crippen molar-refractivity contribution in [3.05, 3.63) is 84.1 Å². The van der Waals surface area contributed by atoms with Gasteiger partial charge in [-0.25, -0.2) is 9.78 Å². The van der Waals surface area contributed by atoms with Crippen LogP contribution in [0.1, 0.15) is 139 Å². The summed E-state index contributed by atoms with van der Waals surface area (Å²) < 4.78 is 6.16. The van der Waals surface area contributed by atoms with Gasteiger partial charge in [0, 0.05) is 98.5 Å². The van der Waals surface area contributed by atoms with Gasteiger partial charge >= 0.3 is 5.97 Å². The summed E-state index contributed by atoms with van der Waals surface area (Å²) in [6.07, 6.45) is 1.45. The molecule has 3 aromatic rings. The number of carbonyl (C=O) groups is 9. The smallest absolute Gasteiger partial charge is 0.332 e. The zero-order valence-electron chi connectivity index (χ0n) is 55.7. The number of aromatic nitrogens is 1. The topological polar surface area (TPSA) is 227 Å². The van der Waals surface area contributed by atoms with Gasteiger partial charge in [0.1, 0.15) is 23.9 Å². The van der Waals surface area contributed by atoms with Gasteiger partial charge in [0.15, 0.2) is 23.7 Å². The fourth-order valence-corrected chi connectivity index (χ4v) is 12.8. The number of ether oxygens (including phenoxy) is 1. The van der Waals surface area contributed by atoms with Gasteiger partial charge in [0.05, 0.1) is 17.7 Å². The average Bonchev–Trinajstić information content (AvgIpc) is 4.24. The van der Waals surface area contributed by atoms with E-state index >= 15 is 28.8 Å². The van der Waals surface area contributed by atoms with Gasteiger partial charge in [-0.1, -0.05) is 130 Å². The number of cyclic esters (lactones) is 1. The number of hydrogen-bond acceptors (Lipinski definition) is 13. The standard InChI is InChI=1S/C69H102N8O11/c1-19-44(9)51-40-55(78)53-30-25-33-77(53)66(84)54(37-47-28-24-29-48(35-47)49-31-32-70-57(39-49)72(13)14)73(15)65(83)52(36-46-26-22-21-23-27-46)71-62(80)59(43(7)8)75(17)67(85)60(45(10)20-2)88-68(86)61(69(11,12)87)76(18)63(81)50(34-41(3)4)38-56(79)58(42(5)6)74(16)64(51)82/h21-24,26-29,31-32,35,39,41-45,50-54,58-61,87H,19-20,25,30,33-34,36-38,40H2,1-18H3,(H,71,80)/t44?,45?,50-,51+,52?,53?,54?,58+,59+,60-,61-/m1/s1. The molecule has 2 aliphatic rings. The van der Waals surface area contributed by atoms with Crippen molar-refractivity contribution in [2.75, 3.05) is 53.7 Å². The number of anilines is 1. The van der Waals surface area contributed by atoms with E-state index in [1.165, 1.54) is 54.6 Å². The Labute approximate surface area is 523 Å². The third-order valence-corrected chi connectivity index (χ3v) is 18.1. The summed E-state index contributed by atoms with van der Waals surface area (Å²) >= 11 is 0. The van der Waals surface area contributed by atoms with Crippen molar-refractivity contribution >= 4 is 58.8 Å². The molecule has 19 nitrogen and oxygen atoms in total. The Morgan fingerprint density at radius 3 is 1.84 bits per heavy atom. The van der Waals surface area contributed by atoms with Gasteiger partial charge in [0.2, 0.25) is 29.5 Å². The lowest BCUT2D eigenvalue weighted by molar-refractivity contribution is -0.178. The van der Waals surface area contributed by atoms with Crippen molar-refractivity contribution < 1.29 is 53.0 Å². The largest absolute Gasteiger partial charge is 0.450 e. The molecule has 19 heteroatoms. The lowest BCUT2D eigenvalue weighted by Crippen LogP contribution is -2.61. The monoisotopic (exact) mass is 1220 g/mol. The van der Waals surface area contributed by atoms with Crippen molar-refractivity contribution in [1.82, 2.24) is 34.8 Å². The van der Waals surface area contributed by atoms with E-state index in [-0.39, 0.29) is 56.3 Å². The number of nitrogens with one attached hydrogen (secondary N) is 1. The second-order valence-corrected chi connectivity index (χ2v) is 26.8. The zero-order chi connectivity index (χ0) is 65.8. The number of Topliss-reactive ketones (excluding diaryl/α,β-unsaturated/α-hetero) is 2. The van der Waals surface area contributed by atoms with Crippen molar-refractivity contribution in [3.63, 3.8) is 0 Å². The van der Waals surface area contributed by atoms with E-state index in [0.717, 1.165) is 21.8 Å². The van der Waals surface area contributed by atoms with Crippen LogP contribution in [0.15, 0.2) is 72.9 Å². The van der Waals surface area contributed by atoms with E-state index in [0.29, 0.717) is 36.8 Å². The van der Waals surface area contributed by atoms with E-state index in [9.17, 15) is 19.5 Å². The molecule has 0 spiro atoms. The maximum Gasteiger partial charge on any atom is 0.332 e. The van der Waals surface area contributed by atoms with Gasteiger partial charge in [0.25, 0.3) is 5.91 Å². The van der Waals surface area contributed by atoms with Crippen LogP contribution in [-0.4, -0.2) is 184 Å². The molecule has 484 valence electrons. The maximum absolute atomic E-state index is 15.8. The first-order valence-corrected chi connectivity index (χ1v) is 31.7. The van der Waals surface area contributed by atoms with Crippen LogP contribution in [-0.2, 0) is 60.7 Å². The van der Waals surface area contributed by atoms with Crippen LogP contribution in [0.5, 0.6) is 0 Å². The third-order valence-electron chi connectivity index (χ3n) is 18.1. The number of benzene rings is 2. The summed E-state index contributed by atoms with van der Waals surface area (Å²) in [7, 11) is 9.64. The van der Waals surface area contributed by atoms with E-state index in [4.69, 9.17) is 4.74 Å². The van der Waals surface area contributed by atoms with Crippen LogP contribution in [0.3, 0.4) is 0 Å². The molecular formula is C69H102N8O11. The highest BCUT2D eigenvalue weighted by molar-refractivity contribution is 5.99. The fraction of sp³-hybridized carbons (Fsp3) is 0.623. The average molecular weight is 1220 g/mol. The molecule has 2 N–H and O–H groups in total. The Morgan fingerprint density at radius 2 is 1.26 bits per heavy atom. The van der Waals surface area contributed by atoms with Gasteiger partial charge in [-0.3, -0.25) is 38.4 Å². The van der Waals surface area contributed by atoms with E-state index in [1.54, 1.807) is 40.9 Å². The normalized spacial score (nSPS) is 25.1. The second-order valence-electron chi connectivity index (χ2n) is 26.8. The van der Waals surface area contributed by atoms with E-state index < -0.39 is 125 Å². The number of fused-ring (bicyclic) bond motifs is 1. The Balaban J connectivity index is 1.74. The first-order chi connectivity index (χ1) is 41.2. The Morgan fingerprint density at radius 1 is 0.659 bits per heavy atom. The molecule has 0 bridgehead atoms. The summed E-state index contributed by atoms with van der Waals surface area (Å²) in [5.41, 5.74) is 1.15. The predicted octanol–water partition coefficient (Wildman–Crippen LogP) is 7.68. The number of nitrogens with zero attached hydrogens (tertiary/aromatic N) is 7. The SMILES string of the molecule is CCC(C)[C@@H]1CC(=O)C2CCCN2C(=O)C(Cc2cccc(-c3ccnc(N(C)C)c3)c2)N(C)C(=O)C(Cc2ccccc2)NC(=O)[C@H](C(C)C)N(C)C(=O)[C@@H](C(C)CC)OC(=O)[C@H](C(C)(C)O)N(C)C(=O)[C@H](CC(C)C)CC(=O)[C@H](C(C)C)N(C)C1=O. The van der Waals surface area contributed by atoms with E-state index in [2.05, 4.69) is 10.3 Å². The van der Waals surface area contributed by atoms with Crippen LogP contribution in [0.4, 0.5) is 5.82 Å². The highest BCUT2D eigenvalue weighted by Gasteiger charge is 2.48. The molecule has 11 atom stereocenters. The van der Waals surface area contributed by atoms with Crippen molar-refractivity contribution in [2.45, 2.75) is 189 Å². The van der Waals surface area contributed by atoms with Crippen LogP contribution in [0.2, 0.25) is 0 Å². The molecule has 2 aromatic carbocycles. The summed E-state index contributed by atoms with van der Waals surface area (Å²) in [6.45, 7) is 21.1. The van der Waals surface area contributed by atoms with Crippen LogP contribution in [0, 0.1) is 41.4 Å². The predicted molar refractivity (Wildman–Crippen MR) is 341 cm³/mol. The number of esters is 1. The molecule has 3 heterocycles. The number of hydrogen-bond donors (Lipinski definition) is 2. The maximum atomic E-state index is 15.8. The lowest BCUT2D eigenvalue weighted by Gasteiger charge is -2.39. The minimum atomic E-state index is -1.95. The molecule has 2 aliphatic heterocycles. The lowest BCUT2D eigenvalue weighted by atomic mass is 9.82. The quantitative estimate of drug-likeness (QED) is 0.139. The molecule has 1 aromatic heterocycles. The van der Waals surface area contributed by atoms with Gasteiger partial charge < -0.3 is 44.6 Å². The molecular weight excluding hydrogens is 1120 g/mol. The minimum Gasteiger partial charge on any atom is -0.450 e. The molecule has 0 saturated carbocycles. The first-order valence-electron chi connectivity index (χ1n) is 31.7. The summed E-state index contributed by atoms with van der Waals surface area (Å²) in [5.74, 6) is -8.78. The zero-order valence-corrected chi connectivity index (χ0v) is 55.7. The number of aliphatic hydroxyl groups is 1. The van der Waals surface area contributed by atoms with Crippen LogP contribution in [0.25, 0.3) is 11.1 Å². The van der Waals surface area contributed by atoms with E-state index in [1.807, 2.05) is 127 Å². The Bertz CT molecular complexity index is 2920. The number of likely N-dealkylation sites (N-methyl/N-ethyl adjacent to an activating group) is 4. The second kappa shape index (κ2) is 31.4. The minimum absolute atomic E-state index is 0.00264. The van der Waals surface area contributed by atoms with Crippen LogP contribution >= 0.6 is 0 Å². The molecule has 5 rings (SSSR count). The summed E-state index contributed by atoms with van der Waals surface area (Å²) in [5, 5.41) is 14.8. The first kappa shape index (κ1) is 71.7. The summed E-state index contributed by atoms with van der Waals surface area (Å²) in [4.78, 5) is 150. The number of pyridine rings is 1. The van der Waals surface area contributed by atoms with Crippen molar-refractivity contribution in [1.29, 1.82) is 0 Å². The molecule has 0 aliphatic carbocycles. The summed E-state index contributed by atoms with van der Waals surface area (Å²) in [6, 6.07) is 13.1. The van der Waals surface area contributed by atoms with Crippen LogP contribution < -0.4 is 10.2 Å². The van der Waals surface area contributed by atoms with Crippen molar-refractivity contribution in [2.24, 2.45) is 41.4 Å². The number of amides is 6. The highest BCUT2D eigenvalue weighted by Crippen LogP contribution is 2.33. The molecule has 5 unspecified atom stereocenters. The number of rotatable bonds is 15. The third kappa shape index (κ3) is 17.6. The molecule has 2 fully saturated rings. The number of carbonyl (C=O) groups excluding carboxylic acids is 9. The molecule has 88 heavy (non-hydrogen) atoms. The molecule has 6 amide bonds. The Hall–Kier alpha value is -7.02. The number of ketones is 2. The van der Waals surface area contributed by atoms with Gasteiger partial charge in [-0.2, -0.15) is 0 Å².